The summed E-state index contributed by atoms with van der Waals surface area (Å²) in [5.74, 6) is -0.206. The van der Waals surface area contributed by atoms with E-state index in [9.17, 15) is 4.39 Å². The Morgan fingerprint density at radius 1 is 1.40 bits per heavy atom. The molecule has 0 bridgehead atoms. The van der Waals surface area contributed by atoms with Gasteiger partial charge in [0.1, 0.15) is 5.82 Å². The van der Waals surface area contributed by atoms with Crippen LogP contribution in [0.25, 0.3) is 0 Å². The van der Waals surface area contributed by atoms with Crippen LogP contribution in [0.3, 0.4) is 0 Å². The lowest BCUT2D eigenvalue weighted by Gasteiger charge is -2.29. The SMILES string of the molecule is CCCNC(Cc1cccc(F)c1Br)CC(C)(C)OC. The molecule has 1 N–H and O–H groups in total. The molecule has 0 spiro atoms. The van der Waals surface area contributed by atoms with Gasteiger partial charge in [-0.15, -0.1) is 0 Å². The Kier molecular flexibility index (Phi) is 7.13. The molecule has 0 aliphatic heterocycles. The Labute approximate surface area is 130 Å². The van der Waals surface area contributed by atoms with Gasteiger partial charge in [0.15, 0.2) is 0 Å². The van der Waals surface area contributed by atoms with Crippen molar-refractivity contribution in [2.24, 2.45) is 0 Å². The molecule has 0 aromatic heterocycles. The number of rotatable bonds is 8. The van der Waals surface area contributed by atoms with E-state index < -0.39 is 0 Å². The van der Waals surface area contributed by atoms with Crippen LogP contribution in [0.4, 0.5) is 4.39 Å². The van der Waals surface area contributed by atoms with Crippen LogP contribution in [-0.4, -0.2) is 25.3 Å². The van der Waals surface area contributed by atoms with Gasteiger partial charge in [0.25, 0.3) is 0 Å². The van der Waals surface area contributed by atoms with E-state index in [1.54, 1.807) is 13.2 Å². The Bertz CT molecular complexity index is 423. The Morgan fingerprint density at radius 3 is 2.70 bits per heavy atom. The van der Waals surface area contributed by atoms with Crippen molar-refractivity contribution in [2.75, 3.05) is 13.7 Å². The minimum absolute atomic E-state index is 0.189. The molecule has 20 heavy (non-hydrogen) atoms. The number of ether oxygens (including phenoxy) is 1. The van der Waals surface area contributed by atoms with Crippen LogP contribution >= 0.6 is 15.9 Å². The highest BCUT2D eigenvalue weighted by molar-refractivity contribution is 9.10. The molecule has 0 aliphatic carbocycles. The standard InChI is InChI=1S/C16H25BrFNO/c1-5-9-19-13(11-16(2,3)20-4)10-12-7-6-8-14(18)15(12)17/h6-8,13,19H,5,9-11H2,1-4H3. The van der Waals surface area contributed by atoms with E-state index in [1.165, 1.54) is 6.07 Å². The summed E-state index contributed by atoms with van der Waals surface area (Å²) < 4.78 is 19.7. The number of hydrogen-bond donors (Lipinski definition) is 1. The van der Waals surface area contributed by atoms with Crippen molar-refractivity contribution in [1.29, 1.82) is 0 Å². The monoisotopic (exact) mass is 345 g/mol. The molecule has 2 nitrogen and oxygen atoms in total. The van der Waals surface area contributed by atoms with Crippen LogP contribution in [0, 0.1) is 5.82 Å². The molecule has 0 radical (unpaired) electrons. The van der Waals surface area contributed by atoms with Gasteiger partial charge in [0.2, 0.25) is 0 Å². The number of benzene rings is 1. The van der Waals surface area contributed by atoms with Crippen molar-refractivity contribution < 1.29 is 9.13 Å². The summed E-state index contributed by atoms with van der Waals surface area (Å²) in [6.07, 6.45) is 2.74. The topological polar surface area (TPSA) is 21.3 Å². The first kappa shape index (κ1) is 17.6. The lowest BCUT2D eigenvalue weighted by Crippen LogP contribution is -2.39. The molecule has 114 valence electrons. The summed E-state index contributed by atoms with van der Waals surface area (Å²) in [7, 11) is 1.73. The van der Waals surface area contributed by atoms with Crippen LogP contribution in [0.1, 0.15) is 39.2 Å². The fourth-order valence-corrected chi connectivity index (χ4v) is 2.64. The van der Waals surface area contributed by atoms with Crippen LogP contribution in [-0.2, 0) is 11.2 Å². The van der Waals surface area contributed by atoms with Gasteiger partial charge in [-0.2, -0.15) is 0 Å². The summed E-state index contributed by atoms with van der Waals surface area (Å²) >= 11 is 3.34. The molecule has 1 aromatic rings. The van der Waals surface area contributed by atoms with Crippen LogP contribution in [0.2, 0.25) is 0 Å². The first-order valence-electron chi connectivity index (χ1n) is 7.11. The Balaban J connectivity index is 2.80. The third kappa shape index (κ3) is 5.51. The maximum atomic E-state index is 13.6. The van der Waals surface area contributed by atoms with Gasteiger partial charge in [-0.25, -0.2) is 4.39 Å². The van der Waals surface area contributed by atoms with Crippen molar-refractivity contribution in [3.8, 4) is 0 Å². The van der Waals surface area contributed by atoms with Gasteiger partial charge in [-0.3, -0.25) is 0 Å². The van der Waals surface area contributed by atoms with Gasteiger partial charge < -0.3 is 10.1 Å². The zero-order valence-corrected chi connectivity index (χ0v) is 14.4. The Hall–Kier alpha value is -0.450. The van der Waals surface area contributed by atoms with E-state index in [0.29, 0.717) is 4.47 Å². The summed E-state index contributed by atoms with van der Waals surface area (Å²) in [5, 5.41) is 3.53. The molecular weight excluding hydrogens is 321 g/mol. The molecule has 0 amide bonds. The molecule has 0 saturated heterocycles. The normalized spacial score (nSPS) is 13.5. The van der Waals surface area contributed by atoms with E-state index in [4.69, 9.17) is 4.74 Å². The summed E-state index contributed by atoms with van der Waals surface area (Å²) in [6.45, 7) is 7.25. The van der Waals surface area contributed by atoms with Crippen LogP contribution in [0.5, 0.6) is 0 Å². The largest absolute Gasteiger partial charge is 0.379 e. The van der Waals surface area contributed by atoms with E-state index >= 15 is 0 Å². The second kappa shape index (κ2) is 8.11. The highest BCUT2D eigenvalue weighted by Crippen LogP contribution is 2.24. The molecule has 0 fully saturated rings. The molecule has 0 heterocycles. The number of nitrogens with one attached hydrogen (secondary N) is 1. The average molecular weight is 346 g/mol. The maximum Gasteiger partial charge on any atom is 0.137 e. The second-order valence-corrected chi connectivity index (χ2v) is 6.53. The van der Waals surface area contributed by atoms with Gasteiger partial charge in [-0.1, -0.05) is 19.1 Å². The second-order valence-electron chi connectivity index (χ2n) is 5.74. The third-order valence-electron chi connectivity index (χ3n) is 3.47. The summed E-state index contributed by atoms with van der Waals surface area (Å²) in [4.78, 5) is 0. The maximum absolute atomic E-state index is 13.6. The van der Waals surface area contributed by atoms with Crippen molar-refractivity contribution >= 4 is 15.9 Å². The van der Waals surface area contributed by atoms with Gasteiger partial charge in [0, 0.05) is 13.2 Å². The smallest absolute Gasteiger partial charge is 0.137 e. The predicted molar refractivity (Wildman–Crippen MR) is 85.6 cm³/mol. The van der Waals surface area contributed by atoms with Crippen molar-refractivity contribution in [3.05, 3.63) is 34.1 Å². The van der Waals surface area contributed by atoms with Gasteiger partial charge in [-0.05, 0) is 67.2 Å². The minimum Gasteiger partial charge on any atom is -0.379 e. The molecule has 1 atom stereocenters. The molecular formula is C16H25BrFNO. The van der Waals surface area contributed by atoms with E-state index in [2.05, 4.69) is 42.0 Å². The van der Waals surface area contributed by atoms with Crippen molar-refractivity contribution in [2.45, 2.75) is 51.7 Å². The zero-order chi connectivity index (χ0) is 15.2. The first-order valence-corrected chi connectivity index (χ1v) is 7.90. The minimum atomic E-state index is -0.206. The summed E-state index contributed by atoms with van der Waals surface area (Å²) in [5.41, 5.74) is 0.802. The third-order valence-corrected chi connectivity index (χ3v) is 4.36. The highest BCUT2D eigenvalue weighted by Gasteiger charge is 2.23. The molecule has 4 heteroatoms. The fraction of sp³-hybridized carbons (Fsp3) is 0.625. The number of methoxy groups -OCH3 is 1. The van der Waals surface area contributed by atoms with Crippen molar-refractivity contribution in [3.63, 3.8) is 0 Å². The highest BCUT2D eigenvalue weighted by atomic mass is 79.9. The van der Waals surface area contributed by atoms with E-state index in [0.717, 1.165) is 31.4 Å². The first-order chi connectivity index (χ1) is 9.39. The number of hydrogen-bond acceptors (Lipinski definition) is 2. The Morgan fingerprint density at radius 2 is 2.10 bits per heavy atom. The van der Waals surface area contributed by atoms with Crippen LogP contribution < -0.4 is 5.32 Å². The van der Waals surface area contributed by atoms with E-state index in [-0.39, 0.29) is 17.5 Å². The predicted octanol–water partition coefficient (Wildman–Crippen LogP) is 4.31. The molecule has 1 aromatic carbocycles. The van der Waals surface area contributed by atoms with Gasteiger partial charge >= 0.3 is 0 Å². The van der Waals surface area contributed by atoms with E-state index in [1.807, 2.05) is 6.07 Å². The van der Waals surface area contributed by atoms with Gasteiger partial charge in [0.05, 0.1) is 10.1 Å². The lowest BCUT2D eigenvalue weighted by atomic mass is 9.94. The fourth-order valence-electron chi connectivity index (χ4n) is 2.21. The molecule has 1 unspecified atom stereocenters. The zero-order valence-electron chi connectivity index (χ0n) is 12.8. The quantitative estimate of drug-likeness (QED) is 0.757. The number of halogens is 2. The summed E-state index contributed by atoms with van der Waals surface area (Å²) in [6, 6.07) is 5.46. The molecule has 1 rings (SSSR count). The lowest BCUT2D eigenvalue weighted by molar-refractivity contribution is 0.00713. The van der Waals surface area contributed by atoms with Crippen LogP contribution in [0.15, 0.2) is 22.7 Å². The average Bonchev–Trinajstić information content (AvgIpc) is 2.41. The van der Waals surface area contributed by atoms with Crippen molar-refractivity contribution in [1.82, 2.24) is 5.32 Å². The molecule has 0 aliphatic rings. The molecule has 0 saturated carbocycles.